The van der Waals surface area contributed by atoms with E-state index in [2.05, 4.69) is 20.3 Å². The van der Waals surface area contributed by atoms with Gasteiger partial charge in [-0.1, -0.05) is 42.5 Å². The van der Waals surface area contributed by atoms with E-state index in [9.17, 15) is 27.9 Å². The number of urea groups is 1. The molecule has 0 spiro atoms. The van der Waals surface area contributed by atoms with Gasteiger partial charge in [0.05, 0.1) is 42.8 Å². The van der Waals surface area contributed by atoms with Gasteiger partial charge in [-0.05, 0) is 61.2 Å². The van der Waals surface area contributed by atoms with E-state index >= 15 is 0 Å². The number of carboxylic acid groups (broad SMARTS) is 1. The quantitative estimate of drug-likeness (QED) is 0.170. The first-order valence-electron chi connectivity index (χ1n) is 14.9. The fourth-order valence-corrected chi connectivity index (χ4v) is 6.57. The van der Waals surface area contributed by atoms with Crippen molar-refractivity contribution in [1.29, 1.82) is 0 Å². The van der Waals surface area contributed by atoms with Crippen molar-refractivity contribution in [2.75, 3.05) is 24.3 Å². The highest BCUT2D eigenvalue weighted by molar-refractivity contribution is 7.89. The third-order valence-electron chi connectivity index (χ3n) is 7.76. The van der Waals surface area contributed by atoms with Gasteiger partial charge in [-0.25, -0.2) is 18.2 Å². The number of carbonyl (C=O) groups is 3. The number of sulfonamides is 1. The zero-order valence-corrected chi connectivity index (χ0v) is 26.6. The van der Waals surface area contributed by atoms with Crippen LogP contribution in [0.5, 0.6) is 5.75 Å². The van der Waals surface area contributed by atoms with E-state index in [-0.39, 0.29) is 29.5 Å². The molecule has 47 heavy (non-hydrogen) atoms. The summed E-state index contributed by atoms with van der Waals surface area (Å²) in [5.41, 5.74) is 2.71. The second-order valence-electron chi connectivity index (χ2n) is 11.0. The Morgan fingerprint density at radius 1 is 1.04 bits per heavy atom. The number of carboxylic acids is 1. The number of aromatic nitrogens is 1. The molecule has 246 valence electrons. The lowest BCUT2D eigenvalue weighted by Crippen LogP contribution is -2.42. The molecule has 1 saturated heterocycles. The average Bonchev–Trinajstić information content (AvgIpc) is 3.73. The SMILES string of the molecule is COc1cc(CC(=O)N2CCCC2c2cnc(CC(NS(=O)(=O)c3ccccc3)C(=O)O)o2)ccc1NC(=O)Nc1ccccc1C. The molecule has 5 rings (SSSR count). The van der Waals surface area contributed by atoms with Gasteiger partial charge in [0.15, 0.2) is 5.89 Å². The maximum atomic E-state index is 13.5. The Morgan fingerprint density at radius 3 is 2.49 bits per heavy atom. The number of benzene rings is 3. The number of nitrogens with one attached hydrogen (secondary N) is 3. The number of anilines is 2. The van der Waals surface area contributed by atoms with Gasteiger partial charge in [0, 0.05) is 12.2 Å². The lowest BCUT2D eigenvalue weighted by atomic mass is 10.1. The van der Waals surface area contributed by atoms with E-state index in [1.165, 1.54) is 37.6 Å². The number of hydrogen-bond acceptors (Lipinski definition) is 8. The molecule has 1 aromatic heterocycles. The molecular formula is C33H35N5O8S. The van der Waals surface area contributed by atoms with Crippen LogP contribution in [0.25, 0.3) is 0 Å². The fourth-order valence-electron chi connectivity index (χ4n) is 5.36. The molecule has 4 aromatic rings. The molecule has 2 heterocycles. The molecule has 1 aliphatic heterocycles. The topological polar surface area (TPSA) is 180 Å². The Morgan fingerprint density at radius 2 is 1.77 bits per heavy atom. The average molecular weight is 662 g/mol. The summed E-state index contributed by atoms with van der Waals surface area (Å²) in [7, 11) is -2.62. The number of amides is 3. The van der Waals surface area contributed by atoms with E-state index in [0.29, 0.717) is 41.4 Å². The van der Waals surface area contributed by atoms with Crippen LogP contribution in [0, 0.1) is 6.92 Å². The molecule has 13 nitrogen and oxygen atoms in total. The molecule has 0 bridgehead atoms. The highest BCUT2D eigenvalue weighted by Crippen LogP contribution is 2.34. The third-order valence-corrected chi connectivity index (χ3v) is 9.25. The molecule has 14 heteroatoms. The molecule has 1 aliphatic rings. The predicted octanol–water partition coefficient (Wildman–Crippen LogP) is 4.52. The van der Waals surface area contributed by atoms with Crippen LogP contribution in [0.15, 0.2) is 88.3 Å². The van der Waals surface area contributed by atoms with E-state index in [1.54, 1.807) is 35.2 Å². The summed E-state index contributed by atoms with van der Waals surface area (Å²) >= 11 is 0. The molecule has 1 fully saturated rings. The summed E-state index contributed by atoms with van der Waals surface area (Å²) in [4.78, 5) is 43.8. The summed E-state index contributed by atoms with van der Waals surface area (Å²) in [6.45, 7) is 2.38. The molecule has 0 aliphatic carbocycles. The number of carbonyl (C=O) groups excluding carboxylic acids is 2. The van der Waals surface area contributed by atoms with Gasteiger partial charge < -0.3 is 29.8 Å². The first kappa shape index (κ1) is 33.2. The van der Waals surface area contributed by atoms with Crippen LogP contribution in [-0.4, -0.2) is 61.0 Å². The number of ether oxygens (including phenoxy) is 1. The van der Waals surface area contributed by atoms with Gasteiger partial charge in [-0.3, -0.25) is 9.59 Å². The highest BCUT2D eigenvalue weighted by Gasteiger charge is 2.34. The largest absolute Gasteiger partial charge is 0.495 e. The van der Waals surface area contributed by atoms with E-state index in [4.69, 9.17) is 9.15 Å². The maximum absolute atomic E-state index is 13.5. The number of para-hydroxylation sites is 1. The summed E-state index contributed by atoms with van der Waals surface area (Å²) in [6.07, 6.45) is 2.52. The maximum Gasteiger partial charge on any atom is 0.323 e. The first-order valence-corrected chi connectivity index (χ1v) is 16.4. The monoisotopic (exact) mass is 661 g/mol. The number of likely N-dealkylation sites (tertiary alicyclic amines) is 1. The number of hydrogen-bond donors (Lipinski definition) is 4. The molecule has 2 unspecified atom stereocenters. The summed E-state index contributed by atoms with van der Waals surface area (Å²) in [5.74, 6) is -0.738. The van der Waals surface area contributed by atoms with Crippen molar-refractivity contribution >= 4 is 39.3 Å². The van der Waals surface area contributed by atoms with Crippen molar-refractivity contribution in [3.05, 3.63) is 102 Å². The minimum Gasteiger partial charge on any atom is -0.495 e. The Kier molecular flexibility index (Phi) is 10.2. The molecule has 2 atom stereocenters. The van der Waals surface area contributed by atoms with Crippen molar-refractivity contribution in [1.82, 2.24) is 14.6 Å². The Balaban J connectivity index is 1.22. The number of methoxy groups -OCH3 is 1. The number of nitrogens with zero attached hydrogens (tertiary/aromatic N) is 2. The van der Waals surface area contributed by atoms with Gasteiger partial charge in [-0.15, -0.1) is 0 Å². The standard InChI is InChI=1S/C33H35N5O8S/c1-21-9-6-7-12-24(21)35-33(42)36-25-15-14-22(17-28(25)45-2)18-31(39)38-16-8-13-27(38)29-20-34-30(46-29)19-26(32(40)41)37-47(43,44)23-10-4-3-5-11-23/h3-7,9-12,14-15,17,20,26-27,37H,8,13,16,18-19H2,1-2H3,(H,40,41)(H2,35,36,42). The van der Waals surface area contributed by atoms with E-state index < -0.39 is 34.1 Å². The second kappa shape index (κ2) is 14.5. The summed E-state index contributed by atoms with van der Waals surface area (Å²) in [5, 5.41) is 15.3. The second-order valence-corrected chi connectivity index (χ2v) is 12.8. The van der Waals surface area contributed by atoms with Crippen molar-refractivity contribution in [2.45, 2.75) is 49.6 Å². The van der Waals surface area contributed by atoms with Crippen molar-refractivity contribution in [3.8, 4) is 5.75 Å². The van der Waals surface area contributed by atoms with E-state index in [0.717, 1.165) is 12.0 Å². The predicted molar refractivity (Wildman–Crippen MR) is 173 cm³/mol. The highest BCUT2D eigenvalue weighted by atomic mass is 32.2. The Labute approximate surface area is 272 Å². The zero-order chi connectivity index (χ0) is 33.6. The van der Waals surface area contributed by atoms with Gasteiger partial charge in [-0.2, -0.15) is 4.72 Å². The number of aliphatic carboxylic acids is 1. The normalized spacial score (nSPS) is 15.2. The molecule has 3 amide bonds. The van der Waals surface area contributed by atoms with Crippen LogP contribution in [0.4, 0.5) is 16.2 Å². The van der Waals surface area contributed by atoms with Gasteiger partial charge in [0.2, 0.25) is 15.9 Å². The van der Waals surface area contributed by atoms with E-state index in [1.807, 2.05) is 25.1 Å². The van der Waals surface area contributed by atoms with Crippen molar-refractivity contribution in [2.24, 2.45) is 0 Å². The van der Waals surface area contributed by atoms with Gasteiger partial charge in [0.25, 0.3) is 0 Å². The summed E-state index contributed by atoms with van der Waals surface area (Å²) in [6, 6.07) is 17.6. The number of rotatable bonds is 12. The Bertz CT molecular complexity index is 1860. The fraction of sp³-hybridized carbons (Fsp3) is 0.273. The van der Waals surface area contributed by atoms with Crippen LogP contribution < -0.4 is 20.1 Å². The van der Waals surface area contributed by atoms with Crippen LogP contribution in [0.3, 0.4) is 0 Å². The van der Waals surface area contributed by atoms with Crippen LogP contribution in [0.2, 0.25) is 0 Å². The van der Waals surface area contributed by atoms with Crippen LogP contribution in [-0.2, 0) is 32.5 Å². The van der Waals surface area contributed by atoms with Gasteiger partial charge >= 0.3 is 12.0 Å². The van der Waals surface area contributed by atoms with Crippen LogP contribution in [0.1, 0.15) is 41.7 Å². The first-order chi connectivity index (χ1) is 22.5. The molecular weight excluding hydrogens is 626 g/mol. The minimum atomic E-state index is -4.10. The Hall–Kier alpha value is -5.21. The van der Waals surface area contributed by atoms with Crippen molar-refractivity contribution in [3.63, 3.8) is 0 Å². The van der Waals surface area contributed by atoms with Gasteiger partial charge in [0.1, 0.15) is 17.6 Å². The lowest BCUT2D eigenvalue weighted by Gasteiger charge is -2.23. The molecule has 3 aromatic carbocycles. The molecule has 0 radical (unpaired) electrons. The van der Waals surface area contributed by atoms with Crippen LogP contribution >= 0.6 is 0 Å². The molecule has 0 saturated carbocycles. The number of oxazole rings is 1. The zero-order valence-electron chi connectivity index (χ0n) is 25.8. The minimum absolute atomic E-state index is 0.0294. The number of aryl methyl sites for hydroxylation is 1. The third kappa shape index (κ3) is 8.15. The lowest BCUT2D eigenvalue weighted by molar-refractivity contribution is -0.139. The smallest absolute Gasteiger partial charge is 0.323 e. The summed E-state index contributed by atoms with van der Waals surface area (Å²) < 4.78 is 39.0. The molecule has 4 N–H and O–H groups in total. The van der Waals surface area contributed by atoms with Crippen molar-refractivity contribution < 1.29 is 37.1 Å².